The zero-order valence-electron chi connectivity index (χ0n) is 28.4. The smallest absolute Gasteiger partial charge is 0.227 e. The molecule has 8 aromatic rings. The van der Waals surface area contributed by atoms with E-state index >= 15 is 0 Å². The molecule has 1 aromatic heterocycles. The summed E-state index contributed by atoms with van der Waals surface area (Å²) < 4.78 is 6.31. The van der Waals surface area contributed by atoms with Crippen LogP contribution in [0.1, 0.15) is 18.9 Å². The van der Waals surface area contributed by atoms with Crippen LogP contribution in [0.15, 0.2) is 193 Å². The zero-order valence-corrected chi connectivity index (χ0v) is 28.4. The predicted octanol–water partition coefficient (Wildman–Crippen LogP) is 12.9. The van der Waals surface area contributed by atoms with Crippen molar-refractivity contribution in [1.29, 1.82) is 0 Å². The lowest BCUT2D eigenvalue weighted by atomic mass is 9.85. The van der Waals surface area contributed by atoms with E-state index in [9.17, 15) is 0 Å². The summed E-state index contributed by atoms with van der Waals surface area (Å²) in [5.41, 5.74) is 12.0. The van der Waals surface area contributed by atoms with E-state index in [1.807, 2.05) is 30.3 Å². The quantitative estimate of drug-likeness (QED) is 0.171. The lowest BCUT2D eigenvalue weighted by Crippen LogP contribution is -2.42. The molecule has 0 saturated carbocycles. The van der Waals surface area contributed by atoms with E-state index in [0.717, 1.165) is 45.2 Å². The number of benzene rings is 7. The summed E-state index contributed by atoms with van der Waals surface area (Å²) in [6.45, 7) is 2.33. The zero-order chi connectivity index (χ0) is 34.2. The molecule has 0 aliphatic heterocycles. The number of oxazole rings is 1. The molecule has 3 nitrogen and oxygen atoms in total. The molecule has 9 rings (SSSR count). The second-order valence-corrected chi connectivity index (χ2v) is 13.5. The summed E-state index contributed by atoms with van der Waals surface area (Å²) in [4.78, 5) is 7.25. The standard InChI is InChI=1S/C48H36N2O/c1-48(31-29-38(30-32-48)40-21-27-44-41(33-40)22-28-45-46(44)51-47(49-45)39-15-9-4-10-16-39)50(42-23-17-36(18-24-42)34-11-5-2-6-12-34)43-25-19-37(20-26-43)35-13-7-3-8-14-35/h2-31,33H,32H2,1H3. The van der Waals surface area contributed by atoms with Gasteiger partial charge in [0.05, 0.1) is 5.54 Å². The van der Waals surface area contributed by atoms with E-state index in [2.05, 4.69) is 170 Å². The van der Waals surface area contributed by atoms with Crippen LogP contribution in [0.3, 0.4) is 0 Å². The first-order valence-electron chi connectivity index (χ1n) is 17.5. The second-order valence-electron chi connectivity index (χ2n) is 13.5. The van der Waals surface area contributed by atoms with Gasteiger partial charge in [-0.3, -0.25) is 0 Å². The fraction of sp³-hybridized carbons (Fsp3) is 0.0625. The molecule has 0 fully saturated rings. The molecule has 51 heavy (non-hydrogen) atoms. The van der Waals surface area contributed by atoms with Crippen molar-refractivity contribution in [2.75, 3.05) is 4.90 Å². The minimum Gasteiger partial charge on any atom is -0.435 e. The molecule has 0 radical (unpaired) electrons. The summed E-state index contributed by atoms with van der Waals surface area (Å²) in [6.07, 6.45) is 7.88. The Morgan fingerprint density at radius 3 is 1.63 bits per heavy atom. The predicted molar refractivity (Wildman–Crippen MR) is 213 cm³/mol. The summed E-state index contributed by atoms with van der Waals surface area (Å²) in [5.74, 6) is 0.647. The van der Waals surface area contributed by atoms with Crippen molar-refractivity contribution in [2.24, 2.45) is 0 Å². The van der Waals surface area contributed by atoms with Crippen molar-refractivity contribution in [3.8, 4) is 33.7 Å². The first kappa shape index (κ1) is 30.6. The number of fused-ring (bicyclic) bond motifs is 3. The highest BCUT2D eigenvalue weighted by Crippen LogP contribution is 2.41. The lowest BCUT2D eigenvalue weighted by Gasteiger charge is -2.42. The highest BCUT2D eigenvalue weighted by atomic mass is 16.3. The molecule has 0 spiro atoms. The first-order valence-corrected chi connectivity index (χ1v) is 17.5. The molecule has 0 amide bonds. The molecule has 0 bridgehead atoms. The van der Waals surface area contributed by atoms with Crippen LogP contribution in [0.5, 0.6) is 0 Å². The number of hydrogen-bond donors (Lipinski definition) is 0. The Balaban J connectivity index is 1.04. The van der Waals surface area contributed by atoms with Crippen molar-refractivity contribution in [1.82, 2.24) is 4.98 Å². The normalized spacial score (nSPS) is 15.6. The van der Waals surface area contributed by atoms with Crippen LogP contribution in [0.2, 0.25) is 0 Å². The lowest BCUT2D eigenvalue weighted by molar-refractivity contribution is 0.571. The third-order valence-corrected chi connectivity index (χ3v) is 10.1. The number of nitrogens with zero attached hydrogens (tertiary/aromatic N) is 2. The Morgan fingerprint density at radius 1 is 0.549 bits per heavy atom. The fourth-order valence-electron chi connectivity index (χ4n) is 7.31. The maximum atomic E-state index is 6.31. The van der Waals surface area contributed by atoms with E-state index < -0.39 is 0 Å². The van der Waals surface area contributed by atoms with Gasteiger partial charge in [0.25, 0.3) is 0 Å². The molecule has 0 N–H and O–H groups in total. The van der Waals surface area contributed by atoms with Gasteiger partial charge in [-0.2, -0.15) is 0 Å². The maximum Gasteiger partial charge on any atom is 0.227 e. The van der Waals surface area contributed by atoms with Gasteiger partial charge in [0, 0.05) is 22.3 Å². The summed E-state index contributed by atoms with van der Waals surface area (Å²) in [5, 5.41) is 2.21. The number of hydrogen-bond acceptors (Lipinski definition) is 3. The fourth-order valence-corrected chi connectivity index (χ4v) is 7.31. The second kappa shape index (κ2) is 12.8. The van der Waals surface area contributed by atoms with E-state index in [-0.39, 0.29) is 5.54 Å². The SMILES string of the molecule is CC1(N(c2ccc(-c3ccccc3)cc2)c2ccc(-c3ccccc3)cc2)C=CC(c2ccc3c(ccc4nc(-c5ccccc5)oc43)c2)=CC1. The molecule has 1 atom stereocenters. The monoisotopic (exact) mass is 656 g/mol. The highest BCUT2D eigenvalue weighted by molar-refractivity contribution is 6.04. The Labute approximate surface area is 298 Å². The minimum atomic E-state index is -0.289. The Bertz CT molecular complexity index is 2450. The van der Waals surface area contributed by atoms with Crippen molar-refractivity contribution in [3.05, 3.63) is 194 Å². The molecular formula is C48H36N2O. The number of aromatic nitrogens is 1. The minimum absolute atomic E-state index is 0.289. The molecule has 1 heterocycles. The van der Waals surface area contributed by atoms with Gasteiger partial charge >= 0.3 is 0 Å². The summed E-state index contributed by atoms with van der Waals surface area (Å²) in [7, 11) is 0. The van der Waals surface area contributed by atoms with Crippen LogP contribution in [-0.4, -0.2) is 10.5 Å². The third-order valence-electron chi connectivity index (χ3n) is 10.1. The molecule has 244 valence electrons. The average Bonchev–Trinajstić information content (AvgIpc) is 3.65. The number of rotatable bonds is 7. The number of allylic oxidation sites excluding steroid dienone is 2. The van der Waals surface area contributed by atoms with Crippen molar-refractivity contribution >= 4 is 38.8 Å². The van der Waals surface area contributed by atoms with Crippen molar-refractivity contribution < 1.29 is 4.42 Å². The Morgan fingerprint density at radius 2 is 1.08 bits per heavy atom. The topological polar surface area (TPSA) is 29.3 Å². The Hall–Kier alpha value is -6.45. The molecule has 1 unspecified atom stereocenters. The van der Waals surface area contributed by atoms with Crippen LogP contribution in [-0.2, 0) is 0 Å². The van der Waals surface area contributed by atoms with E-state index in [4.69, 9.17) is 9.40 Å². The van der Waals surface area contributed by atoms with Crippen LogP contribution in [0.4, 0.5) is 11.4 Å². The van der Waals surface area contributed by atoms with Crippen LogP contribution >= 0.6 is 0 Å². The van der Waals surface area contributed by atoms with Gasteiger partial charge < -0.3 is 9.32 Å². The average molecular weight is 657 g/mol. The van der Waals surface area contributed by atoms with Gasteiger partial charge in [0.1, 0.15) is 5.52 Å². The molecule has 3 heteroatoms. The Kier molecular flexibility index (Phi) is 7.67. The highest BCUT2D eigenvalue weighted by Gasteiger charge is 2.32. The molecule has 0 saturated heterocycles. The van der Waals surface area contributed by atoms with Gasteiger partial charge in [-0.15, -0.1) is 0 Å². The van der Waals surface area contributed by atoms with Gasteiger partial charge in [0.2, 0.25) is 5.89 Å². The van der Waals surface area contributed by atoms with E-state index in [1.165, 1.54) is 33.4 Å². The third kappa shape index (κ3) is 5.83. The van der Waals surface area contributed by atoms with Crippen LogP contribution in [0, 0.1) is 0 Å². The number of anilines is 2. The van der Waals surface area contributed by atoms with Gasteiger partial charge in [-0.25, -0.2) is 4.98 Å². The molecular weight excluding hydrogens is 621 g/mol. The molecule has 1 aliphatic rings. The van der Waals surface area contributed by atoms with Crippen molar-refractivity contribution in [2.45, 2.75) is 18.9 Å². The van der Waals surface area contributed by atoms with Gasteiger partial charge in [-0.1, -0.05) is 133 Å². The van der Waals surface area contributed by atoms with Crippen molar-refractivity contribution in [3.63, 3.8) is 0 Å². The summed E-state index contributed by atoms with van der Waals surface area (Å²) >= 11 is 0. The van der Waals surface area contributed by atoms with E-state index in [0.29, 0.717) is 5.89 Å². The first-order chi connectivity index (χ1) is 25.1. The van der Waals surface area contributed by atoms with Crippen LogP contribution in [0.25, 0.3) is 61.2 Å². The van der Waals surface area contributed by atoms with Gasteiger partial charge in [0.15, 0.2) is 5.58 Å². The van der Waals surface area contributed by atoms with Gasteiger partial charge in [-0.05, 0) is 107 Å². The molecule has 7 aromatic carbocycles. The van der Waals surface area contributed by atoms with Crippen LogP contribution < -0.4 is 4.90 Å². The molecule has 1 aliphatic carbocycles. The largest absolute Gasteiger partial charge is 0.435 e. The maximum absolute atomic E-state index is 6.31. The summed E-state index contributed by atoms with van der Waals surface area (Å²) in [6, 6.07) is 60.0. The van der Waals surface area contributed by atoms with E-state index in [1.54, 1.807) is 0 Å².